The van der Waals surface area contributed by atoms with Crippen molar-refractivity contribution in [2.45, 2.75) is 26.4 Å². The summed E-state index contributed by atoms with van der Waals surface area (Å²) in [4.78, 5) is 33.3. The molecule has 33 heavy (non-hydrogen) atoms. The van der Waals surface area contributed by atoms with Gasteiger partial charge in [-0.2, -0.15) is 0 Å². The number of aromatic nitrogens is 1. The summed E-state index contributed by atoms with van der Waals surface area (Å²) in [5.74, 6) is -0.780. The van der Waals surface area contributed by atoms with Crippen molar-refractivity contribution < 1.29 is 9.59 Å². The van der Waals surface area contributed by atoms with Gasteiger partial charge in [-0.05, 0) is 42.7 Å². The first-order chi connectivity index (χ1) is 16.0. The summed E-state index contributed by atoms with van der Waals surface area (Å²) >= 11 is 1.44. The zero-order valence-electron chi connectivity index (χ0n) is 18.3. The Balaban J connectivity index is 1.40. The molecule has 0 spiro atoms. The molecule has 3 N–H and O–H groups in total. The van der Waals surface area contributed by atoms with Crippen LogP contribution < -0.4 is 11.1 Å². The summed E-state index contributed by atoms with van der Waals surface area (Å²) in [6.07, 6.45) is 0.728. The minimum absolute atomic E-state index is 0.276. The number of pyridine rings is 1. The molecule has 0 radical (unpaired) electrons. The molecular weight excluding hydrogens is 432 g/mol. The molecule has 4 aromatic rings. The first-order valence-electron chi connectivity index (χ1n) is 10.9. The van der Waals surface area contributed by atoms with Crippen molar-refractivity contribution in [2.24, 2.45) is 5.73 Å². The smallest absolute Gasteiger partial charge is 0.256 e. The first kappa shape index (κ1) is 21.3. The topological polar surface area (TPSA) is 88.3 Å². The fraction of sp³-hybridized carbons (Fsp3) is 0.192. The van der Waals surface area contributed by atoms with Gasteiger partial charge in [0.2, 0.25) is 0 Å². The molecule has 7 heteroatoms. The second kappa shape index (κ2) is 8.77. The fourth-order valence-corrected chi connectivity index (χ4v) is 5.61. The highest BCUT2D eigenvalue weighted by Crippen LogP contribution is 2.37. The fourth-order valence-electron chi connectivity index (χ4n) is 4.32. The summed E-state index contributed by atoms with van der Waals surface area (Å²) in [6, 6.07) is 19.7. The molecule has 0 atom stereocenters. The van der Waals surface area contributed by atoms with Crippen molar-refractivity contribution in [3.63, 3.8) is 0 Å². The van der Waals surface area contributed by atoms with Crippen molar-refractivity contribution in [3.05, 3.63) is 93.5 Å². The zero-order chi connectivity index (χ0) is 22.9. The van der Waals surface area contributed by atoms with Crippen LogP contribution in [0.4, 0.5) is 5.00 Å². The van der Waals surface area contributed by atoms with E-state index in [1.54, 1.807) is 12.1 Å². The van der Waals surface area contributed by atoms with Crippen LogP contribution in [0.25, 0.3) is 10.9 Å². The normalized spacial score (nSPS) is 13.6. The van der Waals surface area contributed by atoms with E-state index in [0.29, 0.717) is 16.1 Å². The molecule has 0 unspecified atom stereocenters. The molecule has 0 fully saturated rings. The number of anilines is 1. The molecule has 1 aliphatic heterocycles. The number of primary amides is 1. The van der Waals surface area contributed by atoms with Crippen LogP contribution in [0.2, 0.25) is 0 Å². The highest BCUT2D eigenvalue weighted by molar-refractivity contribution is 7.17. The molecule has 0 bridgehead atoms. The number of rotatable bonds is 5. The Hall–Kier alpha value is -3.55. The van der Waals surface area contributed by atoms with E-state index in [4.69, 9.17) is 5.73 Å². The third kappa shape index (κ3) is 4.37. The van der Waals surface area contributed by atoms with E-state index in [1.807, 2.05) is 43.3 Å². The number of carbonyl (C=O) groups is 2. The predicted octanol–water partition coefficient (Wildman–Crippen LogP) is 4.51. The van der Waals surface area contributed by atoms with E-state index >= 15 is 0 Å². The highest BCUT2D eigenvalue weighted by atomic mass is 32.1. The Labute approximate surface area is 196 Å². The molecule has 0 aliphatic carbocycles. The third-order valence-electron chi connectivity index (χ3n) is 5.95. The van der Waals surface area contributed by atoms with Gasteiger partial charge < -0.3 is 11.1 Å². The van der Waals surface area contributed by atoms with Gasteiger partial charge in [0.1, 0.15) is 5.00 Å². The molecular formula is C26H24N4O2S. The summed E-state index contributed by atoms with van der Waals surface area (Å²) in [5.41, 5.74) is 10.5. The molecule has 3 heterocycles. The number of benzene rings is 2. The van der Waals surface area contributed by atoms with Crippen molar-refractivity contribution in [3.8, 4) is 0 Å². The quantitative estimate of drug-likeness (QED) is 0.462. The maximum absolute atomic E-state index is 13.0. The SMILES string of the molecule is Cc1ccc2ccc(C(=O)Nc3sc4c(c3C(N)=O)CCN(Cc3ccccc3)C4)cc2n1. The van der Waals surface area contributed by atoms with E-state index in [1.165, 1.54) is 16.9 Å². The lowest BCUT2D eigenvalue weighted by Gasteiger charge is -2.27. The summed E-state index contributed by atoms with van der Waals surface area (Å²) in [7, 11) is 0. The number of aryl methyl sites for hydroxylation is 1. The Morgan fingerprint density at radius 2 is 1.91 bits per heavy atom. The van der Waals surface area contributed by atoms with Gasteiger partial charge in [-0.1, -0.05) is 42.5 Å². The largest absolute Gasteiger partial charge is 0.365 e. The molecule has 2 amide bonds. The van der Waals surface area contributed by atoms with Crippen molar-refractivity contribution in [2.75, 3.05) is 11.9 Å². The average Bonchev–Trinajstić information content (AvgIpc) is 3.16. The van der Waals surface area contributed by atoms with E-state index in [-0.39, 0.29) is 5.91 Å². The maximum Gasteiger partial charge on any atom is 0.256 e. The number of hydrogen-bond acceptors (Lipinski definition) is 5. The van der Waals surface area contributed by atoms with Gasteiger partial charge >= 0.3 is 0 Å². The molecule has 0 saturated heterocycles. The lowest BCUT2D eigenvalue weighted by atomic mass is 10.0. The van der Waals surface area contributed by atoms with Gasteiger partial charge in [0, 0.05) is 41.2 Å². The number of hydrogen-bond donors (Lipinski definition) is 2. The van der Waals surface area contributed by atoms with Crippen LogP contribution in [0, 0.1) is 6.92 Å². The Kier molecular flexibility index (Phi) is 5.66. The standard InChI is InChI=1S/C26H24N4O2S/c1-16-7-8-18-9-10-19(13-21(18)28-16)25(32)29-26-23(24(27)31)20-11-12-30(15-22(20)33-26)14-17-5-3-2-4-6-17/h2-10,13H,11-12,14-15H2,1H3,(H2,27,31)(H,29,32). The highest BCUT2D eigenvalue weighted by Gasteiger charge is 2.28. The predicted molar refractivity (Wildman–Crippen MR) is 132 cm³/mol. The molecule has 1 aliphatic rings. The summed E-state index contributed by atoms with van der Waals surface area (Å²) in [5, 5.41) is 4.44. The second-order valence-corrected chi connectivity index (χ2v) is 9.44. The molecule has 6 nitrogen and oxygen atoms in total. The summed E-state index contributed by atoms with van der Waals surface area (Å²) in [6.45, 7) is 4.32. The van der Waals surface area contributed by atoms with Crippen LogP contribution in [0.15, 0.2) is 60.7 Å². The van der Waals surface area contributed by atoms with Gasteiger partial charge in [0.15, 0.2) is 0 Å². The van der Waals surface area contributed by atoms with Gasteiger partial charge in [0.25, 0.3) is 11.8 Å². The van der Waals surface area contributed by atoms with E-state index in [9.17, 15) is 9.59 Å². The van der Waals surface area contributed by atoms with Gasteiger partial charge in [-0.15, -0.1) is 11.3 Å². The Morgan fingerprint density at radius 3 is 2.70 bits per heavy atom. The summed E-state index contributed by atoms with van der Waals surface area (Å²) < 4.78 is 0. The lowest BCUT2D eigenvalue weighted by Crippen LogP contribution is -2.30. The van der Waals surface area contributed by atoms with Crippen LogP contribution in [0.5, 0.6) is 0 Å². The van der Waals surface area contributed by atoms with Crippen molar-refractivity contribution in [1.82, 2.24) is 9.88 Å². The number of fused-ring (bicyclic) bond motifs is 2. The molecule has 2 aromatic heterocycles. The molecule has 2 aromatic carbocycles. The minimum Gasteiger partial charge on any atom is -0.365 e. The molecule has 0 saturated carbocycles. The Morgan fingerprint density at radius 1 is 1.12 bits per heavy atom. The van der Waals surface area contributed by atoms with E-state index in [2.05, 4.69) is 27.3 Å². The lowest BCUT2D eigenvalue weighted by molar-refractivity contribution is 0.0999. The Bertz CT molecular complexity index is 1360. The maximum atomic E-state index is 13.0. The van der Waals surface area contributed by atoms with E-state index < -0.39 is 5.91 Å². The van der Waals surface area contributed by atoms with Gasteiger partial charge in [0.05, 0.1) is 11.1 Å². The van der Waals surface area contributed by atoms with Crippen molar-refractivity contribution in [1.29, 1.82) is 0 Å². The number of amides is 2. The minimum atomic E-state index is -0.505. The molecule has 5 rings (SSSR count). The first-order valence-corrected chi connectivity index (χ1v) is 11.7. The number of nitrogens with one attached hydrogen (secondary N) is 1. The monoisotopic (exact) mass is 456 g/mol. The number of nitrogens with two attached hydrogens (primary N) is 1. The third-order valence-corrected chi connectivity index (χ3v) is 7.08. The number of thiophene rings is 1. The van der Waals surface area contributed by atoms with Crippen LogP contribution in [-0.4, -0.2) is 28.2 Å². The number of nitrogens with zero attached hydrogens (tertiary/aromatic N) is 2. The zero-order valence-corrected chi connectivity index (χ0v) is 19.1. The van der Waals surface area contributed by atoms with Crippen molar-refractivity contribution >= 4 is 39.1 Å². The average molecular weight is 457 g/mol. The van der Waals surface area contributed by atoms with Gasteiger partial charge in [-0.3, -0.25) is 19.5 Å². The van der Waals surface area contributed by atoms with E-state index in [0.717, 1.165) is 53.1 Å². The second-order valence-electron chi connectivity index (χ2n) is 8.33. The number of carbonyl (C=O) groups excluding carboxylic acids is 2. The van der Waals surface area contributed by atoms with Crippen LogP contribution in [0.1, 0.15) is 42.4 Å². The van der Waals surface area contributed by atoms with Crippen LogP contribution in [0.3, 0.4) is 0 Å². The van der Waals surface area contributed by atoms with Crippen LogP contribution in [-0.2, 0) is 19.5 Å². The van der Waals surface area contributed by atoms with Crippen LogP contribution >= 0.6 is 11.3 Å². The molecule has 166 valence electrons. The van der Waals surface area contributed by atoms with Gasteiger partial charge in [-0.25, -0.2) is 0 Å².